The number of fused-ring (bicyclic) bond motifs is 3. The van der Waals surface area contributed by atoms with Gasteiger partial charge in [0, 0.05) is 33.3 Å². The van der Waals surface area contributed by atoms with E-state index in [1.54, 1.807) is 30.4 Å². The number of nitriles is 2. The van der Waals surface area contributed by atoms with Gasteiger partial charge in [0.1, 0.15) is 40.4 Å². The fourth-order valence-corrected chi connectivity index (χ4v) is 7.01. The number of ether oxygens (including phenoxy) is 1. The maximum Gasteiger partial charge on any atom is 0.146 e. The van der Waals surface area contributed by atoms with E-state index in [4.69, 9.17) is 9.15 Å². The highest BCUT2D eigenvalue weighted by molar-refractivity contribution is 7.20. The highest BCUT2D eigenvalue weighted by atomic mass is 32.1. The molecule has 0 aliphatic carbocycles. The van der Waals surface area contributed by atoms with Crippen LogP contribution < -0.4 is 4.90 Å². The molecule has 0 saturated heterocycles. The van der Waals surface area contributed by atoms with Crippen molar-refractivity contribution < 1.29 is 9.15 Å². The second-order valence-corrected chi connectivity index (χ2v) is 12.4. The Morgan fingerprint density at radius 3 is 2.11 bits per heavy atom. The van der Waals surface area contributed by atoms with Crippen molar-refractivity contribution in [3.8, 4) is 12.1 Å². The number of rotatable bonds is 5. The summed E-state index contributed by atoms with van der Waals surface area (Å²) in [5.74, 6) is 1.19. The number of benzene rings is 3. The van der Waals surface area contributed by atoms with Crippen LogP contribution in [-0.4, -0.2) is 0 Å². The van der Waals surface area contributed by atoms with Gasteiger partial charge in [-0.3, -0.25) is 0 Å². The van der Waals surface area contributed by atoms with Crippen LogP contribution in [0.15, 0.2) is 99.9 Å². The Bertz CT molecular complexity index is 2130. The summed E-state index contributed by atoms with van der Waals surface area (Å²) >= 11 is 1.65. The molecule has 0 N–H and O–H groups in total. The lowest BCUT2D eigenvalue weighted by Crippen LogP contribution is -2.13. The number of anilines is 3. The van der Waals surface area contributed by atoms with Crippen molar-refractivity contribution in [1.29, 1.82) is 10.5 Å². The van der Waals surface area contributed by atoms with Crippen molar-refractivity contribution in [3.05, 3.63) is 128 Å². The molecule has 5 aromatic rings. The second kappa shape index (κ2) is 11.4. The first-order valence-corrected chi connectivity index (χ1v) is 15.2. The summed E-state index contributed by atoms with van der Waals surface area (Å²) in [5.41, 5.74) is 11.7. The average Bonchev–Trinajstić information content (AvgIpc) is 3.50. The minimum absolute atomic E-state index is 0.0572. The topological polar surface area (TPSA) is 73.2 Å². The molecule has 6 heteroatoms. The number of furan rings is 1. The third-order valence-corrected chi connectivity index (χ3v) is 8.70. The maximum atomic E-state index is 9.26. The Labute approximate surface area is 261 Å². The van der Waals surface area contributed by atoms with Crippen molar-refractivity contribution >= 4 is 55.7 Å². The van der Waals surface area contributed by atoms with Crippen LogP contribution in [0.2, 0.25) is 0 Å². The minimum atomic E-state index is 0.0572. The molecular formula is C38H31N3O2S. The Hall–Kier alpha value is -5.30. The number of hydrogen-bond donors (Lipinski definition) is 0. The first kappa shape index (κ1) is 28.8. The van der Waals surface area contributed by atoms with Gasteiger partial charge in [-0.2, -0.15) is 10.5 Å². The molecule has 1 aliphatic rings. The summed E-state index contributed by atoms with van der Waals surface area (Å²) in [6.45, 7) is 12.6. The molecule has 0 radical (unpaired) electrons. The van der Waals surface area contributed by atoms with Crippen LogP contribution in [0.25, 0.3) is 27.3 Å². The Morgan fingerprint density at radius 2 is 1.43 bits per heavy atom. The molecule has 2 aromatic heterocycles. The molecule has 44 heavy (non-hydrogen) atoms. The Morgan fingerprint density at radius 1 is 0.750 bits per heavy atom. The Kier molecular flexibility index (Phi) is 7.47. The van der Waals surface area contributed by atoms with Gasteiger partial charge in [0.2, 0.25) is 0 Å². The van der Waals surface area contributed by atoms with Gasteiger partial charge in [0.05, 0.1) is 10.4 Å². The van der Waals surface area contributed by atoms with Gasteiger partial charge in [-0.1, -0.05) is 23.8 Å². The zero-order chi connectivity index (χ0) is 31.1. The smallest absolute Gasteiger partial charge is 0.146 e. The molecule has 216 valence electrons. The largest absolute Gasteiger partial charge is 0.462 e. The molecule has 3 aromatic carbocycles. The van der Waals surface area contributed by atoms with Crippen molar-refractivity contribution in [2.45, 2.75) is 41.5 Å². The number of nitrogens with zero attached hydrogens (tertiary/aromatic N) is 3. The standard InChI is InChI=1S/C38H31N3O2S/c1-22-11-23(2)15-31(14-22)41(37-25(4)12-24(3)13-26(37)5)30-7-10-34-35(18-30)43-36-19-33(44-38(34)36)9-8-32-17-28(16-27(6)42-32)29(20-39)21-40/h7-19H,1-6H3/b9-8+. The number of hydrogen-bond acceptors (Lipinski definition) is 6. The molecule has 0 saturated carbocycles. The lowest BCUT2D eigenvalue weighted by Gasteiger charge is -2.29. The van der Waals surface area contributed by atoms with Crippen molar-refractivity contribution in [2.24, 2.45) is 0 Å². The first-order chi connectivity index (χ1) is 21.1. The van der Waals surface area contributed by atoms with Crippen LogP contribution in [0.1, 0.15) is 39.6 Å². The lowest BCUT2D eigenvalue weighted by atomic mass is 10.0. The molecule has 6 rings (SSSR count). The predicted molar refractivity (Wildman–Crippen MR) is 180 cm³/mol. The average molecular weight is 594 g/mol. The normalized spacial score (nSPS) is 13.0. The quantitative estimate of drug-likeness (QED) is 0.190. The summed E-state index contributed by atoms with van der Waals surface area (Å²) < 4.78 is 13.3. The van der Waals surface area contributed by atoms with Gasteiger partial charge in [-0.05, 0) is 118 Å². The van der Waals surface area contributed by atoms with Crippen molar-refractivity contribution in [3.63, 3.8) is 0 Å². The van der Waals surface area contributed by atoms with E-state index in [1.807, 2.05) is 30.4 Å². The summed E-state index contributed by atoms with van der Waals surface area (Å²) in [4.78, 5) is 3.35. The zero-order valence-electron chi connectivity index (χ0n) is 25.6. The third kappa shape index (κ3) is 5.44. The summed E-state index contributed by atoms with van der Waals surface area (Å²) in [6.07, 6.45) is 7.22. The van der Waals surface area contributed by atoms with Crippen LogP contribution in [0, 0.1) is 57.3 Å². The van der Waals surface area contributed by atoms with Crippen LogP contribution in [0.5, 0.6) is 0 Å². The van der Waals surface area contributed by atoms with E-state index < -0.39 is 0 Å². The van der Waals surface area contributed by atoms with E-state index in [-0.39, 0.29) is 5.57 Å². The van der Waals surface area contributed by atoms with Crippen LogP contribution in [0.3, 0.4) is 0 Å². The monoisotopic (exact) mass is 593 g/mol. The molecule has 0 unspecified atom stereocenters. The highest BCUT2D eigenvalue weighted by Gasteiger charge is 2.20. The highest BCUT2D eigenvalue weighted by Crippen LogP contribution is 2.43. The summed E-state index contributed by atoms with van der Waals surface area (Å²) in [6, 6.07) is 23.5. The predicted octanol–water partition coefficient (Wildman–Crippen LogP) is 10.8. The fourth-order valence-electron chi connectivity index (χ4n) is 5.99. The molecular weight excluding hydrogens is 563 g/mol. The molecule has 0 spiro atoms. The van der Waals surface area contributed by atoms with E-state index >= 15 is 0 Å². The molecule has 0 bridgehead atoms. The van der Waals surface area contributed by atoms with E-state index in [1.165, 1.54) is 33.5 Å². The van der Waals surface area contributed by atoms with Crippen molar-refractivity contribution in [2.75, 3.05) is 4.90 Å². The number of thiophene rings is 1. The minimum Gasteiger partial charge on any atom is -0.462 e. The maximum absolute atomic E-state index is 9.26. The number of aryl methyl sites for hydroxylation is 5. The zero-order valence-corrected chi connectivity index (χ0v) is 26.4. The second-order valence-electron chi connectivity index (χ2n) is 11.3. The fraction of sp³-hybridized carbons (Fsp3) is 0.158. The lowest BCUT2D eigenvalue weighted by molar-refractivity contribution is 0.318. The van der Waals surface area contributed by atoms with Crippen molar-refractivity contribution in [1.82, 2.24) is 0 Å². The van der Waals surface area contributed by atoms with E-state index in [0.717, 1.165) is 37.5 Å². The van der Waals surface area contributed by atoms with Crippen LogP contribution in [0.4, 0.5) is 17.1 Å². The van der Waals surface area contributed by atoms with E-state index in [0.29, 0.717) is 17.1 Å². The van der Waals surface area contributed by atoms with Gasteiger partial charge < -0.3 is 14.1 Å². The first-order valence-electron chi connectivity index (χ1n) is 14.4. The van der Waals surface area contributed by atoms with Gasteiger partial charge in [-0.15, -0.1) is 11.3 Å². The third-order valence-electron chi connectivity index (χ3n) is 7.59. The molecule has 3 heterocycles. The molecule has 0 amide bonds. The molecule has 5 nitrogen and oxygen atoms in total. The number of allylic oxidation sites excluding steroid dienone is 6. The Balaban J connectivity index is 1.39. The molecule has 0 atom stereocenters. The van der Waals surface area contributed by atoms with E-state index in [2.05, 4.69) is 88.0 Å². The van der Waals surface area contributed by atoms with Gasteiger partial charge in [0.25, 0.3) is 0 Å². The van der Waals surface area contributed by atoms with Crippen LogP contribution in [-0.2, 0) is 4.74 Å². The SMILES string of the molecule is CC1=CC(=C(C#N)C#N)C=C(/C=C/c2cc3oc4cc(N(c5cc(C)cc(C)c5)c5c(C)cc(C)cc5C)ccc4c3s2)O1. The van der Waals surface area contributed by atoms with Gasteiger partial charge >= 0.3 is 0 Å². The molecule has 1 aliphatic heterocycles. The molecule has 0 fully saturated rings. The van der Waals surface area contributed by atoms with E-state index in [9.17, 15) is 10.5 Å². The van der Waals surface area contributed by atoms with Crippen LogP contribution >= 0.6 is 11.3 Å². The summed E-state index contributed by atoms with van der Waals surface area (Å²) in [5, 5.41) is 19.6. The van der Waals surface area contributed by atoms with Gasteiger partial charge in [0.15, 0.2) is 0 Å². The van der Waals surface area contributed by atoms with Gasteiger partial charge in [-0.25, -0.2) is 0 Å². The summed E-state index contributed by atoms with van der Waals surface area (Å²) in [7, 11) is 0.